The fraction of sp³-hybridized carbons (Fsp3) is 0.625. The Hall–Kier alpha value is -0.600. The van der Waals surface area contributed by atoms with Crippen molar-refractivity contribution in [1.82, 2.24) is 0 Å². The van der Waals surface area contributed by atoms with Crippen LogP contribution in [0.5, 0.6) is 5.75 Å². The van der Waals surface area contributed by atoms with Crippen LogP contribution >= 0.6 is 23.2 Å². The molecule has 0 saturated heterocycles. The van der Waals surface area contributed by atoms with E-state index in [2.05, 4.69) is 5.32 Å². The van der Waals surface area contributed by atoms with Crippen molar-refractivity contribution in [1.29, 1.82) is 0 Å². The average Bonchev–Trinajstić information content (AvgIpc) is 2.39. The largest absolute Gasteiger partial charge is 0.505 e. The Morgan fingerprint density at radius 2 is 1.40 bits per heavy atom. The third-order valence-corrected chi connectivity index (χ3v) is 6.15. The lowest BCUT2D eigenvalue weighted by Crippen LogP contribution is -2.51. The molecule has 1 aromatic carbocycles. The van der Waals surface area contributed by atoms with Crippen molar-refractivity contribution in [3.05, 3.63) is 22.2 Å². The molecule has 2 nitrogen and oxygen atoms in total. The zero-order valence-electron chi connectivity index (χ0n) is 11.3. The van der Waals surface area contributed by atoms with Gasteiger partial charge in [0.1, 0.15) is 0 Å². The van der Waals surface area contributed by atoms with Gasteiger partial charge in [-0.2, -0.15) is 0 Å². The first-order chi connectivity index (χ1) is 9.60. The summed E-state index contributed by atoms with van der Waals surface area (Å²) in [4.78, 5) is 0. The van der Waals surface area contributed by atoms with Crippen molar-refractivity contribution in [2.24, 2.45) is 23.7 Å². The molecule has 108 valence electrons. The Balaban J connectivity index is 1.57. The molecule has 0 atom stereocenters. The molecule has 20 heavy (non-hydrogen) atoms. The number of aromatic hydroxyl groups is 1. The Bertz CT molecular complexity index is 494. The van der Waals surface area contributed by atoms with Crippen molar-refractivity contribution >= 4 is 28.9 Å². The van der Waals surface area contributed by atoms with Gasteiger partial charge in [-0.3, -0.25) is 0 Å². The minimum Gasteiger partial charge on any atom is -0.505 e. The number of nitrogens with one attached hydrogen (secondary N) is 1. The molecule has 4 fully saturated rings. The van der Waals surface area contributed by atoms with E-state index < -0.39 is 0 Å². The van der Waals surface area contributed by atoms with Crippen LogP contribution in [0.1, 0.15) is 32.1 Å². The first-order valence-corrected chi connectivity index (χ1v) is 8.30. The number of rotatable bonds is 2. The third kappa shape index (κ3) is 2.08. The Labute approximate surface area is 129 Å². The van der Waals surface area contributed by atoms with Crippen LogP contribution in [0.4, 0.5) is 5.69 Å². The van der Waals surface area contributed by atoms with E-state index in [-0.39, 0.29) is 5.75 Å². The highest BCUT2D eigenvalue weighted by atomic mass is 35.5. The molecule has 0 radical (unpaired) electrons. The molecular formula is C16H19Cl2NO. The van der Waals surface area contributed by atoms with Crippen LogP contribution in [-0.4, -0.2) is 11.1 Å². The minimum atomic E-state index is -0.0241. The number of hydrogen-bond donors (Lipinski definition) is 2. The molecule has 0 heterocycles. The fourth-order valence-corrected chi connectivity index (χ4v) is 5.49. The summed E-state index contributed by atoms with van der Waals surface area (Å²) in [5, 5.41) is 13.9. The van der Waals surface area contributed by atoms with Gasteiger partial charge in [0, 0.05) is 11.7 Å². The van der Waals surface area contributed by atoms with Gasteiger partial charge in [-0.25, -0.2) is 0 Å². The molecule has 5 rings (SSSR count). The van der Waals surface area contributed by atoms with Crippen LogP contribution in [0.3, 0.4) is 0 Å². The van der Waals surface area contributed by atoms with E-state index in [1.165, 1.54) is 32.1 Å². The summed E-state index contributed by atoms with van der Waals surface area (Å²) in [5.74, 6) is 3.53. The number of halogens is 2. The van der Waals surface area contributed by atoms with Gasteiger partial charge in [-0.1, -0.05) is 23.2 Å². The topological polar surface area (TPSA) is 32.3 Å². The zero-order chi connectivity index (χ0) is 13.9. The molecule has 4 saturated carbocycles. The van der Waals surface area contributed by atoms with Crippen LogP contribution in [0.15, 0.2) is 12.1 Å². The summed E-state index contributed by atoms with van der Waals surface area (Å²) in [7, 11) is 0. The van der Waals surface area contributed by atoms with E-state index >= 15 is 0 Å². The summed E-state index contributed by atoms with van der Waals surface area (Å²) >= 11 is 12.0. The molecule has 2 N–H and O–H groups in total. The molecule has 4 aliphatic rings. The lowest BCUT2D eigenvalue weighted by Gasteiger charge is -2.54. The highest BCUT2D eigenvalue weighted by Gasteiger charge is 2.48. The van der Waals surface area contributed by atoms with Crippen LogP contribution in [0, 0.1) is 23.7 Å². The second-order valence-electron chi connectivity index (χ2n) is 6.89. The predicted octanol–water partition coefficient (Wildman–Crippen LogP) is 4.94. The first kappa shape index (κ1) is 13.1. The van der Waals surface area contributed by atoms with E-state index in [4.69, 9.17) is 23.2 Å². The molecule has 0 aliphatic heterocycles. The van der Waals surface area contributed by atoms with Crippen LogP contribution < -0.4 is 5.32 Å². The van der Waals surface area contributed by atoms with Crippen molar-refractivity contribution in [2.45, 2.75) is 38.1 Å². The maximum atomic E-state index is 9.65. The summed E-state index contributed by atoms with van der Waals surface area (Å²) in [6.45, 7) is 0. The SMILES string of the molecule is Oc1c(Cl)cc(NC2C3CC4CC(C3)CC2C4)cc1Cl. The molecule has 0 amide bonds. The Morgan fingerprint density at radius 3 is 1.90 bits per heavy atom. The summed E-state index contributed by atoms with van der Waals surface area (Å²) in [5.41, 5.74) is 0.940. The van der Waals surface area contributed by atoms with Gasteiger partial charge >= 0.3 is 0 Å². The van der Waals surface area contributed by atoms with E-state index in [0.717, 1.165) is 29.4 Å². The second-order valence-corrected chi connectivity index (χ2v) is 7.70. The van der Waals surface area contributed by atoms with Crippen molar-refractivity contribution < 1.29 is 5.11 Å². The minimum absolute atomic E-state index is 0.0241. The maximum absolute atomic E-state index is 9.65. The standard InChI is InChI=1S/C16H19Cl2NO/c17-13-6-12(7-14(18)16(13)20)19-15-10-2-8-1-9(4-10)5-11(15)3-8/h6-11,15,19-20H,1-5H2. The van der Waals surface area contributed by atoms with Gasteiger partial charge < -0.3 is 10.4 Å². The number of anilines is 1. The number of benzene rings is 1. The highest BCUT2D eigenvalue weighted by Crippen LogP contribution is 2.54. The molecule has 0 unspecified atom stereocenters. The van der Waals surface area contributed by atoms with Gasteiger partial charge in [0.25, 0.3) is 0 Å². The number of phenols is 1. The predicted molar refractivity (Wildman–Crippen MR) is 82.6 cm³/mol. The molecule has 4 bridgehead atoms. The molecule has 0 aromatic heterocycles. The van der Waals surface area contributed by atoms with E-state index in [9.17, 15) is 5.11 Å². The lowest BCUT2D eigenvalue weighted by molar-refractivity contribution is 0.00754. The smallest absolute Gasteiger partial charge is 0.152 e. The quantitative estimate of drug-likeness (QED) is 0.758. The maximum Gasteiger partial charge on any atom is 0.152 e. The van der Waals surface area contributed by atoms with Crippen LogP contribution in [-0.2, 0) is 0 Å². The van der Waals surface area contributed by atoms with Crippen LogP contribution in [0.25, 0.3) is 0 Å². The normalized spacial score (nSPS) is 38.2. The highest BCUT2D eigenvalue weighted by molar-refractivity contribution is 6.37. The summed E-state index contributed by atoms with van der Waals surface area (Å²) < 4.78 is 0. The zero-order valence-corrected chi connectivity index (χ0v) is 12.8. The molecule has 1 aromatic rings. The van der Waals surface area contributed by atoms with Gasteiger partial charge in [0.05, 0.1) is 10.0 Å². The lowest BCUT2D eigenvalue weighted by atomic mass is 9.54. The molecule has 4 heteroatoms. The average molecular weight is 312 g/mol. The second kappa shape index (κ2) is 4.71. The Kier molecular flexibility index (Phi) is 3.08. The van der Waals surface area contributed by atoms with E-state index in [1.54, 1.807) is 12.1 Å². The van der Waals surface area contributed by atoms with Crippen molar-refractivity contribution in [3.63, 3.8) is 0 Å². The van der Waals surface area contributed by atoms with Gasteiger partial charge in [-0.15, -0.1) is 0 Å². The summed E-state index contributed by atoms with van der Waals surface area (Å²) in [6, 6.07) is 4.13. The van der Waals surface area contributed by atoms with Crippen molar-refractivity contribution in [2.75, 3.05) is 5.32 Å². The van der Waals surface area contributed by atoms with E-state index in [1.807, 2.05) is 0 Å². The third-order valence-electron chi connectivity index (χ3n) is 5.58. The van der Waals surface area contributed by atoms with Gasteiger partial charge in [0.2, 0.25) is 0 Å². The first-order valence-electron chi connectivity index (χ1n) is 7.54. The van der Waals surface area contributed by atoms with E-state index in [0.29, 0.717) is 16.1 Å². The van der Waals surface area contributed by atoms with Gasteiger partial charge in [0.15, 0.2) is 5.75 Å². The van der Waals surface area contributed by atoms with Crippen molar-refractivity contribution in [3.8, 4) is 5.75 Å². The van der Waals surface area contributed by atoms with Crippen LogP contribution in [0.2, 0.25) is 10.0 Å². The molecule has 0 spiro atoms. The number of hydrogen-bond acceptors (Lipinski definition) is 2. The summed E-state index contributed by atoms with van der Waals surface area (Å²) in [6.07, 6.45) is 6.99. The number of phenolic OH excluding ortho intramolecular Hbond substituents is 1. The van der Waals surface area contributed by atoms with Gasteiger partial charge in [-0.05, 0) is 67.9 Å². The molecule has 4 aliphatic carbocycles. The monoisotopic (exact) mass is 311 g/mol. The fourth-order valence-electron chi connectivity index (χ4n) is 5.00. The molecular weight excluding hydrogens is 293 g/mol. The Morgan fingerprint density at radius 1 is 0.900 bits per heavy atom.